The van der Waals surface area contributed by atoms with Crippen molar-refractivity contribution >= 4 is 12.4 Å². The Bertz CT molecular complexity index is 413. The van der Waals surface area contributed by atoms with Crippen LogP contribution in [0.4, 0.5) is 22.0 Å². The van der Waals surface area contributed by atoms with E-state index in [2.05, 4.69) is 4.74 Å². The van der Waals surface area contributed by atoms with Crippen LogP contribution in [0, 0.1) is 0 Å². The van der Waals surface area contributed by atoms with Crippen LogP contribution in [0.15, 0.2) is 18.2 Å². The van der Waals surface area contributed by atoms with Gasteiger partial charge in [0.15, 0.2) is 0 Å². The van der Waals surface area contributed by atoms with E-state index in [1.807, 2.05) is 0 Å². The number of halogens is 6. The molecule has 0 spiro atoms. The van der Waals surface area contributed by atoms with E-state index in [-0.39, 0.29) is 23.7 Å². The standard InChI is InChI=1S/C10H10F5NO2.ClH/c1-17-7-4-5(18-10(13,14)15)2-3-6(7)8(16)9(11)12;/h2-4,8-9H,16H2,1H3;1H/t8-;/m1./s1. The fourth-order valence-electron chi connectivity index (χ4n) is 1.30. The van der Waals surface area contributed by atoms with Gasteiger partial charge in [-0.3, -0.25) is 0 Å². The molecule has 0 aromatic heterocycles. The van der Waals surface area contributed by atoms with Gasteiger partial charge in [0.2, 0.25) is 0 Å². The lowest BCUT2D eigenvalue weighted by Crippen LogP contribution is -2.20. The van der Waals surface area contributed by atoms with Crippen LogP contribution in [0.5, 0.6) is 11.5 Å². The summed E-state index contributed by atoms with van der Waals surface area (Å²) in [6.07, 6.45) is -7.72. The molecule has 19 heavy (non-hydrogen) atoms. The average molecular weight is 308 g/mol. The molecule has 0 heterocycles. The van der Waals surface area contributed by atoms with Crippen molar-refractivity contribution in [3.05, 3.63) is 23.8 Å². The van der Waals surface area contributed by atoms with E-state index >= 15 is 0 Å². The first-order valence-corrected chi connectivity index (χ1v) is 4.72. The molecule has 0 aliphatic rings. The molecule has 0 unspecified atom stereocenters. The zero-order valence-electron chi connectivity index (χ0n) is 9.58. The van der Waals surface area contributed by atoms with Crippen LogP contribution in [0.25, 0.3) is 0 Å². The number of hydrogen-bond acceptors (Lipinski definition) is 3. The van der Waals surface area contributed by atoms with Crippen LogP contribution in [0.3, 0.4) is 0 Å². The maximum Gasteiger partial charge on any atom is 0.573 e. The number of ether oxygens (including phenoxy) is 2. The van der Waals surface area contributed by atoms with E-state index in [9.17, 15) is 22.0 Å². The molecule has 0 radical (unpaired) electrons. The van der Waals surface area contributed by atoms with Crippen LogP contribution >= 0.6 is 12.4 Å². The number of nitrogens with two attached hydrogens (primary N) is 1. The predicted molar refractivity (Wildman–Crippen MR) is 59.9 cm³/mol. The van der Waals surface area contributed by atoms with Gasteiger partial charge in [-0.25, -0.2) is 8.78 Å². The van der Waals surface area contributed by atoms with Crippen LogP contribution in [-0.4, -0.2) is 19.9 Å². The average Bonchev–Trinajstić information content (AvgIpc) is 2.25. The Balaban J connectivity index is 0.00000324. The molecule has 110 valence electrons. The molecule has 0 saturated carbocycles. The van der Waals surface area contributed by atoms with Gasteiger partial charge in [0.05, 0.1) is 13.2 Å². The molecular weight excluding hydrogens is 297 g/mol. The lowest BCUT2D eigenvalue weighted by Gasteiger charge is -2.16. The molecule has 2 N–H and O–H groups in total. The summed E-state index contributed by atoms with van der Waals surface area (Å²) in [6, 6.07) is 1.12. The fourth-order valence-corrected chi connectivity index (χ4v) is 1.30. The van der Waals surface area contributed by atoms with Gasteiger partial charge in [-0.2, -0.15) is 0 Å². The molecule has 3 nitrogen and oxygen atoms in total. The van der Waals surface area contributed by atoms with Gasteiger partial charge in [0, 0.05) is 11.6 Å². The lowest BCUT2D eigenvalue weighted by molar-refractivity contribution is -0.274. The van der Waals surface area contributed by atoms with Crippen LogP contribution in [0.2, 0.25) is 0 Å². The maximum absolute atomic E-state index is 12.4. The second-order valence-corrected chi connectivity index (χ2v) is 3.31. The summed E-state index contributed by atoms with van der Waals surface area (Å²) in [7, 11) is 1.13. The second kappa shape index (κ2) is 6.76. The molecule has 1 aromatic carbocycles. The molecule has 1 atom stereocenters. The Labute approximate surface area is 111 Å². The van der Waals surface area contributed by atoms with Crippen molar-refractivity contribution in [1.82, 2.24) is 0 Å². The van der Waals surface area contributed by atoms with Crippen molar-refractivity contribution in [2.45, 2.75) is 18.8 Å². The van der Waals surface area contributed by atoms with E-state index < -0.39 is 24.6 Å². The van der Waals surface area contributed by atoms with Gasteiger partial charge >= 0.3 is 6.36 Å². The third kappa shape index (κ3) is 5.07. The third-order valence-electron chi connectivity index (χ3n) is 2.07. The molecule has 0 bridgehead atoms. The largest absolute Gasteiger partial charge is 0.573 e. The van der Waals surface area contributed by atoms with Gasteiger partial charge in [0.25, 0.3) is 6.43 Å². The van der Waals surface area contributed by atoms with Crippen LogP contribution in [0.1, 0.15) is 11.6 Å². The zero-order chi connectivity index (χ0) is 13.9. The highest BCUT2D eigenvalue weighted by atomic mass is 35.5. The van der Waals surface area contributed by atoms with E-state index in [1.165, 1.54) is 0 Å². The monoisotopic (exact) mass is 307 g/mol. The molecule has 0 aliphatic carbocycles. The van der Waals surface area contributed by atoms with Gasteiger partial charge < -0.3 is 15.2 Å². The molecule has 0 aliphatic heterocycles. The highest BCUT2D eigenvalue weighted by Gasteiger charge is 2.31. The molecule has 0 saturated heterocycles. The Morgan fingerprint density at radius 3 is 2.21 bits per heavy atom. The lowest BCUT2D eigenvalue weighted by atomic mass is 10.1. The van der Waals surface area contributed by atoms with Gasteiger partial charge in [0.1, 0.15) is 11.5 Å². The summed E-state index contributed by atoms with van der Waals surface area (Å²) in [5.74, 6) is -0.755. The van der Waals surface area contributed by atoms with Crippen molar-refractivity contribution in [2.75, 3.05) is 7.11 Å². The first-order chi connectivity index (χ1) is 8.24. The molecule has 0 fully saturated rings. The molecule has 0 amide bonds. The molecule has 1 rings (SSSR count). The Kier molecular flexibility index (Phi) is 6.31. The number of alkyl halides is 5. The quantitative estimate of drug-likeness (QED) is 0.868. The Morgan fingerprint density at radius 2 is 1.79 bits per heavy atom. The van der Waals surface area contributed by atoms with Crippen molar-refractivity contribution in [1.29, 1.82) is 0 Å². The minimum Gasteiger partial charge on any atom is -0.496 e. The van der Waals surface area contributed by atoms with Crippen molar-refractivity contribution < 1.29 is 31.4 Å². The minimum atomic E-state index is -4.86. The van der Waals surface area contributed by atoms with E-state index in [1.54, 1.807) is 0 Å². The number of benzene rings is 1. The topological polar surface area (TPSA) is 44.5 Å². The first-order valence-electron chi connectivity index (χ1n) is 4.72. The van der Waals surface area contributed by atoms with Crippen molar-refractivity contribution in [2.24, 2.45) is 5.73 Å². The van der Waals surface area contributed by atoms with Crippen LogP contribution in [-0.2, 0) is 0 Å². The Hall–Kier alpha value is -1.28. The SMILES string of the molecule is COc1cc(OC(F)(F)F)ccc1[C@@H](N)C(F)F.Cl. The van der Waals surface area contributed by atoms with Gasteiger partial charge in [-0.05, 0) is 12.1 Å². The van der Waals surface area contributed by atoms with E-state index in [0.29, 0.717) is 0 Å². The number of methoxy groups -OCH3 is 1. The van der Waals surface area contributed by atoms with Crippen molar-refractivity contribution in [3.8, 4) is 11.5 Å². The molecular formula is C10H11ClF5NO2. The zero-order valence-corrected chi connectivity index (χ0v) is 10.4. The predicted octanol–water partition coefficient (Wildman–Crippen LogP) is 3.28. The summed E-state index contributed by atoms with van der Waals surface area (Å²) in [5, 5.41) is 0. The normalized spacial score (nSPS) is 12.8. The van der Waals surface area contributed by atoms with E-state index in [4.69, 9.17) is 10.5 Å². The first kappa shape index (κ1) is 17.7. The third-order valence-corrected chi connectivity index (χ3v) is 2.07. The maximum atomic E-state index is 12.4. The van der Waals surface area contributed by atoms with Gasteiger partial charge in [-0.15, -0.1) is 25.6 Å². The summed E-state index contributed by atoms with van der Waals surface area (Å²) in [4.78, 5) is 0. The summed E-state index contributed by atoms with van der Waals surface area (Å²) < 4.78 is 69.0. The summed E-state index contributed by atoms with van der Waals surface area (Å²) in [6.45, 7) is 0. The van der Waals surface area contributed by atoms with E-state index in [0.717, 1.165) is 25.3 Å². The summed E-state index contributed by atoms with van der Waals surface area (Å²) >= 11 is 0. The summed E-state index contributed by atoms with van der Waals surface area (Å²) in [5.41, 5.74) is 5.10. The minimum absolute atomic E-state index is 0. The highest BCUT2D eigenvalue weighted by Crippen LogP contribution is 2.33. The fraction of sp³-hybridized carbons (Fsp3) is 0.400. The number of hydrogen-bond donors (Lipinski definition) is 1. The molecule has 9 heteroatoms. The number of rotatable bonds is 4. The van der Waals surface area contributed by atoms with Crippen LogP contribution < -0.4 is 15.2 Å². The van der Waals surface area contributed by atoms with Crippen molar-refractivity contribution in [3.63, 3.8) is 0 Å². The smallest absolute Gasteiger partial charge is 0.496 e. The molecule has 1 aromatic rings. The second-order valence-electron chi connectivity index (χ2n) is 3.31. The Morgan fingerprint density at radius 1 is 1.21 bits per heavy atom. The van der Waals surface area contributed by atoms with Gasteiger partial charge in [-0.1, -0.05) is 0 Å². The highest BCUT2D eigenvalue weighted by molar-refractivity contribution is 5.85.